The van der Waals surface area contributed by atoms with Crippen molar-refractivity contribution in [2.45, 2.75) is 12.8 Å². The second kappa shape index (κ2) is 25.4. The molecule has 9 aromatic carbocycles. The van der Waals surface area contributed by atoms with E-state index < -0.39 is 0 Å². The Morgan fingerprint density at radius 2 is 0.724 bits per heavy atom. The molecule has 4 aliphatic heterocycles. The summed E-state index contributed by atoms with van der Waals surface area (Å²) in [4.78, 5) is 121. The zero-order chi connectivity index (χ0) is 66.7. The maximum absolute atomic E-state index is 13.7. The summed E-state index contributed by atoms with van der Waals surface area (Å²) in [6.45, 7) is 5.44. The third-order valence-corrected chi connectivity index (χ3v) is 19.0. The van der Waals surface area contributed by atoms with Crippen molar-refractivity contribution in [1.82, 2.24) is 60.0 Å². The first-order chi connectivity index (χ1) is 48.0. The number of fused-ring (bicyclic) bond motifs is 6. The molecule has 0 bridgehead atoms. The van der Waals surface area contributed by atoms with E-state index in [0.29, 0.717) is 130 Å². The number of rotatable bonds is 22. The van der Waals surface area contributed by atoms with Crippen molar-refractivity contribution in [3.05, 3.63) is 228 Å². The van der Waals surface area contributed by atoms with Crippen molar-refractivity contribution in [3.8, 4) is 11.4 Å². The third-order valence-electron chi connectivity index (χ3n) is 19.0. The molecule has 0 atom stereocenters. The first kappa shape index (κ1) is 61.1. The summed E-state index contributed by atoms with van der Waals surface area (Å²) in [7, 11) is 0. The molecule has 0 fully saturated rings. The molecule has 0 spiro atoms. The van der Waals surface area contributed by atoms with E-state index in [0.717, 1.165) is 67.3 Å². The molecule has 0 aliphatic carbocycles. The highest BCUT2D eigenvalue weighted by molar-refractivity contribution is 6.32. The van der Waals surface area contributed by atoms with Crippen LogP contribution in [-0.2, 0) is 0 Å². The van der Waals surface area contributed by atoms with Gasteiger partial charge in [-0.05, 0) is 128 Å². The predicted molar refractivity (Wildman–Crippen MR) is 369 cm³/mol. The molecule has 0 saturated carbocycles. The predicted octanol–water partition coefficient (Wildman–Crippen LogP) is 9.93. The first-order valence-corrected chi connectivity index (χ1v) is 32.7. The lowest BCUT2D eigenvalue weighted by Crippen LogP contribution is -2.44. The van der Waals surface area contributed by atoms with Crippen molar-refractivity contribution >= 4 is 123 Å². The Hall–Kier alpha value is -11.8. The average molecular weight is 1300 g/mol. The van der Waals surface area contributed by atoms with Crippen molar-refractivity contribution in [1.29, 1.82) is 0 Å². The van der Waals surface area contributed by atoms with Gasteiger partial charge >= 0.3 is 0 Å². The maximum atomic E-state index is 13.7. The summed E-state index contributed by atoms with van der Waals surface area (Å²) in [6.07, 6.45) is 15.1. The number of hydrogen-bond acceptors (Lipinski definition) is 16. The number of amides is 8. The Balaban J connectivity index is 0.000000153. The number of hydrogen-bond donors (Lipinski definition) is 4. The molecule has 22 nitrogen and oxygen atoms in total. The number of furan rings is 2. The Kier molecular flexibility index (Phi) is 15.8. The molecule has 13 aromatic rings. The van der Waals surface area contributed by atoms with Gasteiger partial charge in [0, 0.05) is 170 Å². The van der Waals surface area contributed by atoms with E-state index in [2.05, 4.69) is 31.2 Å². The Bertz CT molecular complexity index is 5460. The van der Waals surface area contributed by atoms with E-state index in [-0.39, 0.29) is 73.4 Å². The van der Waals surface area contributed by atoms with Crippen LogP contribution < -0.4 is 21.3 Å². The van der Waals surface area contributed by atoms with Gasteiger partial charge in [0.05, 0.1) is 36.4 Å². The zero-order valence-electron chi connectivity index (χ0n) is 52.9. The summed E-state index contributed by atoms with van der Waals surface area (Å²) in [5, 5.41) is 22.8. The lowest BCUT2D eigenvalue weighted by Gasteiger charge is -2.28. The molecule has 486 valence electrons. The van der Waals surface area contributed by atoms with Gasteiger partial charge in [-0.2, -0.15) is 0 Å². The highest BCUT2D eigenvalue weighted by atomic mass is 16.3. The number of imidazole rings is 2. The summed E-state index contributed by atoms with van der Waals surface area (Å²) < 4.78 is 15.1. The number of nitrogens with zero attached hydrogens (tertiary/aromatic N) is 8. The van der Waals surface area contributed by atoms with Gasteiger partial charge in [-0.25, -0.2) is 9.97 Å². The Labute approximate surface area is 558 Å². The van der Waals surface area contributed by atoms with Gasteiger partial charge in [-0.1, -0.05) is 60.7 Å². The lowest BCUT2D eigenvalue weighted by molar-refractivity contribution is 0.0596. The van der Waals surface area contributed by atoms with Gasteiger partial charge in [0.2, 0.25) is 0 Å². The molecule has 4 aliphatic rings. The van der Waals surface area contributed by atoms with E-state index in [9.17, 15) is 38.4 Å². The number of imide groups is 4. The SMILES string of the molecule is O=C1c2cccc3c(-n4ccnc4)ccc(c23)C(=O)N1CCNCCCNCCN1C(=O)c2cccc3c2c(cc2ccccc23)C1=O.O=C1c2cccc3c2c(cc2ccoc23)C(=O)N1CCNCCCNCCN1C(=O)c2cc(-n3ccnc3)cc3c2c(cc2ccoc23)C1=O. The average Bonchev–Trinajstić information content (AvgIpc) is 1.09. The third kappa shape index (κ3) is 10.4. The van der Waals surface area contributed by atoms with Crippen LogP contribution in [0.3, 0.4) is 0 Å². The zero-order valence-corrected chi connectivity index (χ0v) is 52.9. The van der Waals surface area contributed by atoms with E-state index in [1.54, 1.807) is 86.2 Å². The van der Waals surface area contributed by atoms with Crippen LogP contribution in [0.4, 0.5) is 0 Å². The number of carbonyl (C=O) groups is 8. The maximum Gasteiger partial charge on any atom is 0.261 e. The molecule has 17 rings (SSSR count). The molecule has 4 N–H and O–H groups in total. The largest absolute Gasteiger partial charge is 0.464 e. The molecule has 98 heavy (non-hydrogen) atoms. The van der Waals surface area contributed by atoms with Crippen LogP contribution in [0.15, 0.2) is 192 Å². The molecule has 8 amide bonds. The number of aromatic nitrogens is 4. The van der Waals surface area contributed by atoms with Crippen molar-refractivity contribution < 1.29 is 47.2 Å². The molecule has 4 aromatic heterocycles. The Morgan fingerprint density at radius 3 is 1.23 bits per heavy atom. The van der Waals surface area contributed by atoms with Crippen LogP contribution in [0, 0.1) is 0 Å². The molecule has 8 heterocycles. The van der Waals surface area contributed by atoms with E-state index in [1.165, 1.54) is 19.6 Å². The Morgan fingerprint density at radius 1 is 0.327 bits per heavy atom. The van der Waals surface area contributed by atoms with Crippen LogP contribution >= 0.6 is 0 Å². The van der Waals surface area contributed by atoms with E-state index >= 15 is 0 Å². The summed E-state index contributed by atoms with van der Waals surface area (Å²) in [6, 6.07) is 41.1. The fourth-order valence-electron chi connectivity index (χ4n) is 14.3. The normalized spacial score (nSPS) is 14.3. The van der Waals surface area contributed by atoms with Crippen molar-refractivity contribution in [2.24, 2.45) is 0 Å². The highest BCUT2D eigenvalue weighted by Crippen LogP contribution is 2.41. The van der Waals surface area contributed by atoms with Crippen LogP contribution in [0.1, 0.15) is 95.7 Å². The molecule has 0 unspecified atom stereocenters. The minimum absolute atomic E-state index is 0.212. The summed E-state index contributed by atoms with van der Waals surface area (Å²) in [5.41, 5.74) is 7.01. The summed E-state index contributed by atoms with van der Waals surface area (Å²) >= 11 is 0. The van der Waals surface area contributed by atoms with E-state index in [4.69, 9.17) is 8.83 Å². The van der Waals surface area contributed by atoms with Crippen molar-refractivity contribution in [3.63, 3.8) is 0 Å². The van der Waals surface area contributed by atoms with Crippen LogP contribution in [-0.4, -0.2) is 164 Å². The number of nitrogens with one attached hydrogen (secondary N) is 4. The number of benzene rings is 9. The molecule has 0 saturated heterocycles. The van der Waals surface area contributed by atoms with E-state index in [1.807, 2.05) is 106 Å². The van der Waals surface area contributed by atoms with Crippen molar-refractivity contribution in [2.75, 3.05) is 78.5 Å². The smallest absolute Gasteiger partial charge is 0.261 e. The molecular formula is C76H62N12O10. The van der Waals surface area contributed by atoms with Crippen LogP contribution in [0.25, 0.3) is 87.2 Å². The number of carbonyl (C=O) groups excluding carboxylic acids is 8. The quantitative estimate of drug-likeness (QED) is 0.0279. The fraction of sp³-hybridized carbons (Fsp3) is 0.184. The first-order valence-electron chi connectivity index (χ1n) is 32.7. The topological polar surface area (TPSA) is 260 Å². The second-order valence-corrected chi connectivity index (χ2v) is 24.6. The van der Waals surface area contributed by atoms with Gasteiger partial charge in [-0.3, -0.25) is 58.0 Å². The minimum Gasteiger partial charge on any atom is -0.464 e. The molecule has 22 heteroatoms. The molecule has 0 radical (unpaired) electrons. The van der Waals surface area contributed by atoms with Gasteiger partial charge in [0.1, 0.15) is 11.2 Å². The van der Waals surface area contributed by atoms with Crippen LogP contribution in [0.2, 0.25) is 0 Å². The summed E-state index contributed by atoms with van der Waals surface area (Å²) in [5.74, 6) is -2.42. The minimum atomic E-state index is -0.348. The van der Waals surface area contributed by atoms with Gasteiger partial charge in [0.15, 0.2) is 0 Å². The second-order valence-electron chi connectivity index (χ2n) is 24.6. The van der Waals surface area contributed by atoms with Gasteiger partial charge in [0.25, 0.3) is 47.3 Å². The highest BCUT2D eigenvalue weighted by Gasteiger charge is 2.38. The van der Waals surface area contributed by atoms with Gasteiger partial charge < -0.3 is 39.2 Å². The standard InChI is InChI=1S/C38H30N6O6.C38H32N6O4/c45-35-26-4-1-3-25-31(26)28(17-22-5-15-49-33(22)25)36(46)43(35)13-10-39-7-2-8-40-11-14-44-37(47)29-18-23-6-16-50-34(23)27-19-24(42-12-9-41-21-42)20-30(32(27)29)38(44)48;45-35-28-10-3-8-26-25-7-2-1-6-24(25)22-31(33(26)28)38(48)44(35)21-18-40-15-5-14-39-17-20-43-36(46)29-11-4-9-27-32(42-19-16-41-23-42)13-12-30(34(27)29)37(43)47/h1,3-6,9,12,15-21,39-40H,2,7-8,10-11,13-14H2;1-4,6-13,16,19,22-23,39-40H,5,14-15,17-18,20-21H2. The lowest BCUT2D eigenvalue weighted by atomic mass is 9.90. The monoisotopic (exact) mass is 1300 g/mol. The van der Waals surface area contributed by atoms with Crippen LogP contribution in [0.5, 0.6) is 0 Å². The van der Waals surface area contributed by atoms with Gasteiger partial charge in [-0.15, -0.1) is 0 Å². The molecular weight excluding hydrogens is 1240 g/mol. The fourth-order valence-corrected chi connectivity index (χ4v) is 14.3.